The fourth-order valence-electron chi connectivity index (χ4n) is 3.08. The Morgan fingerprint density at radius 3 is 2.55 bits per heavy atom. The van der Waals surface area contributed by atoms with Gasteiger partial charge in [0.1, 0.15) is 11.7 Å². The average molecular weight is 324 g/mol. The van der Waals surface area contributed by atoms with Gasteiger partial charge in [0.25, 0.3) is 9.84 Å². The van der Waals surface area contributed by atoms with Crippen molar-refractivity contribution in [1.29, 1.82) is 0 Å². The van der Waals surface area contributed by atoms with E-state index in [1.54, 1.807) is 0 Å². The number of fused-ring (bicyclic) bond motifs is 3. The van der Waals surface area contributed by atoms with Gasteiger partial charge in [-0.3, -0.25) is 0 Å². The first-order valence-corrected chi connectivity index (χ1v) is 9.08. The zero-order chi connectivity index (χ0) is 15.4. The zero-order valence-electron chi connectivity index (χ0n) is 13.2. The van der Waals surface area contributed by atoms with E-state index < -0.39 is 0 Å². The van der Waals surface area contributed by atoms with Crippen LogP contribution in [0.4, 0.5) is 0 Å². The zero-order valence-corrected chi connectivity index (χ0v) is 14.9. The molecule has 22 heavy (non-hydrogen) atoms. The predicted molar refractivity (Wildman–Crippen MR) is 98.0 cm³/mol. The van der Waals surface area contributed by atoms with Crippen LogP contribution in [0.3, 0.4) is 0 Å². The maximum Gasteiger partial charge on any atom is 0.281 e. The fraction of sp³-hybridized carbons (Fsp3) is 0.211. The molecule has 0 atom stereocenters. The molecular weight excluding hydrogens is 306 g/mol. The second-order valence-electron chi connectivity index (χ2n) is 5.95. The molecule has 2 aromatic carbocycles. The number of aryl methyl sites for hydroxylation is 3. The standard InChI is InChI=1S/C19H18NS2/c1-11-9-12(2)13(3)15(10-11)18-20(4)19-17(22-18)14-7-5-6-8-16(14)21-19/h5-10H,1-4H3/q+1. The Bertz CT molecular complexity index is 1020. The molecule has 0 unspecified atom stereocenters. The maximum atomic E-state index is 2.37. The summed E-state index contributed by atoms with van der Waals surface area (Å²) in [6.45, 7) is 6.62. The van der Waals surface area contributed by atoms with Crippen molar-refractivity contribution in [2.75, 3.05) is 0 Å². The van der Waals surface area contributed by atoms with Crippen LogP contribution < -0.4 is 4.57 Å². The molecule has 0 N–H and O–H groups in total. The minimum Gasteiger partial charge on any atom is -0.175 e. The summed E-state index contributed by atoms with van der Waals surface area (Å²) in [6.07, 6.45) is 0. The molecule has 0 spiro atoms. The predicted octanol–water partition coefficient (Wildman–Crippen LogP) is 5.53. The lowest BCUT2D eigenvalue weighted by molar-refractivity contribution is -0.627. The quantitative estimate of drug-likeness (QED) is 0.405. The number of rotatable bonds is 1. The summed E-state index contributed by atoms with van der Waals surface area (Å²) in [4.78, 5) is 1.37. The van der Waals surface area contributed by atoms with Crippen molar-refractivity contribution >= 4 is 42.3 Å². The minimum atomic E-state index is 1.33. The van der Waals surface area contributed by atoms with Gasteiger partial charge < -0.3 is 0 Å². The van der Waals surface area contributed by atoms with Gasteiger partial charge in [0.15, 0.2) is 0 Å². The van der Waals surface area contributed by atoms with Crippen LogP contribution in [-0.2, 0) is 7.05 Å². The molecule has 0 aliphatic heterocycles. The minimum absolute atomic E-state index is 1.33. The highest BCUT2D eigenvalue weighted by atomic mass is 32.1. The van der Waals surface area contributed by atoms with E-state index in [-0.39, 0.29) is 0 Å². The molecule has 0 radical (unpaired) electrons. The van der Waals surface area contributed by atoms with Crippen LogP contribution in [-0.4, -0.2) is 0 Å². The molecule has 3 heteroatoms. The first-order valence-electron chi connectivity index (χ1n) is 7.44. The lowest BCUT2D eigenvalue weighted by Crippen LogP contribution is -2.27. The molecule has 4 aromatic rings. The third-order valence-corrected chi connectivity index (χ3v) is 7.06. The van der Waals surface area contributed by atoms with Crippen molar-refractivity contribution in [3.05, 3.63) is 53.1 Å². The van der Waals surface area contributed by atoms with Gasteiger partial charge in [-0.1, -0.05) is 46.9 Å². The maximum absolute atomic E-state index is 2.37. The molecule has 0 bridgehead atoms. The SMILES string of the molecule is Cc1cc(C)c(C)c(-c2sc3c4ccccc4sc3[n+]2C)c1. The van der Waals surface area contributed by atoms with Crippen molar-refractivity contribution in [3.8, 4) is 10.6 Å². The van der Waals surface area contributed by atoms with Gasteiger partial charge in [0.05, 0.1) is 5.56 Å². The normalized spacial score (nSPS) is 11.6. The van der Waals surface area contributed by atoms with Gasteiger partial charge in [0.2, 0.25) is 0 Å². The van der Waals surface area contributed by atoms with Gasteiger partial charge in [-0.15, -0.1) is 0 Å². The number of hydrogen-bond donors (Lipinski definition) is 0. The summed E-state index contributed by atoms with van der Waals surface area (Å²) in [5.74, 6) is 0. The van der Waals surface area contributed by atoms with Crippen LogP contribution in [0.25, 0.3) is 30.2 Å². The van der Waals surface area contributed by atoms with Crippen LogP contribution in [0.1, 0.15) is 16.7 Å². The number of thiophene rings is 1. The highest BCUT2D eigenvalue weighted by molar-refractivity contribution is 7.32. The Morgan fingerprint density at radius 2 is 1.73 bits per heavy atom. The molecule has 0 aliphatic carbocycles. The van der Waals surface area contributed by atoms with E-state index in [2.05, 4.69) is 68.8 Å². The summed E-state index contributed by atoms with van der Waals surface area (Å²) in [7, 11) is 2.20. The summed E-state index contributed by atoms with van der Waals surface area (Å²) in [6, 6.07) is 13.3. The number of aromatic nitrogens is 1. The Kier molecular flexibility index (Phi) is 3.10. The third kappa shape index (κ3) is 1.93. The van der Waals surface area contributed by atoms with Crippen molar-refractivity contribution in [1.82, 2.24) is 0 Å². The molecule has 0 fully saturated rings. The van der Waals surface area contributed by atoms with Crippen molar-refractivity contribution in [2.45, 2.75) is 20.8 Å². The second-order valence-corrected chi connectivity index (χ2v) is 7.98. The summed E-state index contributed by atoms with van der Waals surface area (Å²) < 4.78 is 5.16. The molecule has 0 amide bonds. The summed E-state index contributed by atoms with van der Waals surface area (Å²) in [5, 5.41) is 2.74. The van der Waals surface area contributed by atoms with Gasteiger partial charge in [-0.2, -0.15) is 4.57 Å². The van der Waals surface area contributed by atoms with Crippen molar-refractivity contribution < 1.29 is 4.57 Å². The van der Waals surface area contributed by atoms with Crippen LogP contribution in [0.5, 0.6) is 0 Å². The lowest BCUT2D eigenvalue weighted by Gasteiger charge is -2.06. The van der Waals surface area contributed by atoms with E-state index >= 15 is 0 Å². The van der Waals surface area contributed by atoms with E-state index in [0.717, 1.165) is 0 Å². The van der Waals surface area contributed by atoms with Gasteiger partial charge in [0, 0.05) is 10.1 Å². The second kappa shape index (κ2) is 4.90. The van der Waals surface area contributed by atoms with Crippen LogP contribution in [0.15, 0.2) is 36.4 Å². The number of benzene rings is 2. The Balaban J connectivity index is 2.06. The van der Waals surface area contributed by atoms with Crippen LogP contribution >= 0.6 is 22.7 Å². The molecule has 0 saturated carbocycles. The molecule has 0 aliphatic rings. The summed E-state index contributed by atoms with van der Waals surface area (Å²) in [5.41, 5.74) is 5.47. The summed E-state index contributed by atoms with van der Waals surface area (Å²) >= 11 is 3.81. The van der Waals surface area contributed by atoms with Crippen LogP contribution in [0, 0.1) is 20.8 Å². The van der Waals surface area contributed by atoms with Gasteiger partial charge in [-0.05, 0) is 49.6 Å². The first-order chi connectivity index (χ1) is 10.6. The van der Waals surface area contributed by atoms with Crippen LogP contribution in [0.2, 0.25) is 0 Å². The molecule has 0 saturated heterocycles. The topological polar surface area (TPSA) is 3.88 Å². The Hall–Kier alpha value is -1.71. The monoisotopic (exact) mass is 324 g/mol. The Labute approximate surface area is 138 Å². The first kappa shape index (κ1) is 13.9. The van der Waals surface area contributed by atoms with E-state index in [9.17, 15) is 0 Å². The number of nitrogens with zero attached hydrogens (tertiary/aromatic N) is 1. The molecule has 1 nitrogen and oxygen atoms in total. The highest BCUT2D eigenvalue weighted by Gasteiger charge is 2.24. The third-order valence-electron chi connectivity index (χ3n) is 4.38. The van der Waals surface area contributed by atoms with E-state index in [0.29, 0.717) is 0 Å². The van der Waals surface area contributed by atoms with Gasteiger partial charge in [-0.25, -0.2) is 0 Å². The average Bonchev–Trinajstić information content (AvgIpc) is 3.01. The molecule has 4 rings (SSSR count). The molecule has 2 aromatic heterocycles. The van der Waals surface area contributed by atoms with Crippen molar-refractivity contribution in [3.63, 3.8) is 0 Å². The van der Waals surface area contributed by atoms with Crippen molar-refractivity contribution in [2.24, 2.45) is 7.05 Å². The molecule has 2 heterocycles. The highest BCUT2D eigenvalue weighted by Crippen LogP contribution is 2.40. The lowest BCUT2D eigenvalue weighted by atomic mass is 10.0. The number of hydrogen-bond acceptors (Lipinski definition) is 2. The largest absolute Gasteiger partial charge is 0.281 e. The Morgan fingerprint density at radius 1 is 0.955 bits per heavy atom. The molecular formula is C19H18NS2+. The van der Waals surface area contributed by atoms with Gasteiger partial charge >= 0.3 is 0 Å². The smallest absolute Gasteiger partial charge is 0.175 e. The van der Waals surface area contributed by atoms with E-state index in [1.807, 2.05) is 22.7 Å². The molecule has 110 valence electrons. The fourth-order valence-corrected chi connectivity index (χ4v) is 5.78. The number of thiazole rings is 1. The van der Waals surface area contributed by atoms with E-state index in [1.165, 1.54) is 46.9 Å². The van der Waals surface area contributed by atoms with E-state index in [4.69, 9.17) is 0 Å².